The maximum atomic E-state index is 6.44. The Kier molecular flexibility index (Phi) is 7.86. The number of aromatic nitrogens is 3. The SMILES string of the molecule is C=CCc1ccccc1OCCOc1c(Cl)cc(/C=N/n2cnnc2)cc1OCC. The van der Waals surface area contributed by atoms with Crippen molar-refractivity contribution in [2.75, 3.05) is 19.8 Å². The van der Waals surface area contributed by atoms with Crippen LogP contribution in [0, 0.1) is 0 Å². The molecule has 0 aliphatic heterocycles. The van der Waals surface area contributed by atoms with Crippen molar-refractivity contribution in [1.29, 1.82) is 0 Å². The van der Waals surface area contributed by atoms with Crippen molar-refractivity contribution in [3.63, 3.8) is 0 Å². The van der Waals surface area contributed by atoms with Gasteiger partial charge in [0.15, 0.2) is 11.5 Å². The number of hydrogen-bond acceptors (Lipinski definition) is 6. The first kappa shape index (κ1) is 21.4. The molecule has 2 aromatic carbocycles. The van der Waals surface area contributed by atoms with Gasteiger partial charge in [-0.2, -0.15) is 5.10 Å². The van der Waals surface area contributed by atoms with E-state index in [0.717, 1.165) is 23.3 Å². The summed E-state index contributed by atoms with van der Waals surface area (Å²) >= 11 is 6.44. The van der Waals surface area contributed by atoms with Crippen molar-refractivity contribution in [3.05, 3.63) is 77.9 Å². The highest BCUT2D eigenvalue weighted by Crippen LogP contribution is 2.36. The minimum Gasteiger partial charge on any atom is -0.490 e. The fourth-order valence-corrected chi connectivity index (χ4v) is 2.99. The summed E-state index contributed by atoms with van der Waals surface area (Å²) in [5, 5.41) is 12.1. The molecule has 0 aliphatic rings. The van der Waals surface area contributed by atoms with Crippen molar-refractivity contribution in [2.24, 2.45) is 5.10 Å². The minimum absolute atomic E-state index is 0.316. The second kappa shape index (κ2) is 11.0. The van der Waals surface area contributed by atoms with Gasteiger partial charge in [-0.25, -0.2) is 4.68 Å². The molecule has 0 spiro atoms. The van der Waals surface area contributed by atoms with Crippen LogP contribution in [-0.2, 0) is 6.42 Å². The molecule has 0 saturated heterocycles. The molecule has 0 N–H and O–H groups in total. The summed E-state index contributed by atoms with van der Waals surface area (Å²) in [5.74, 6) is 1.84. The summed E-state index contributed by atoms with van der Waals surface area (Å²) < 4.78 is 18.9. The minimum atomic E-state index is 0.316. The molecule has 0 atom stereocenters. The summed E-state index contributed by atoms with van der Waals surface area (Å²) in [5.41, 5.74) is 1.84. The van der Waals surface area contributed by atoms with Crippen molar-refractivity contribution in [1.82, 2.24) is 14.9 Å². The van der Waals surface area contributed by atoms with E-state index >= 15 is 0 Å². The molecule has 0 aliphatic carbocycles. The van der Waals surface area contributed by atoms with E-state index in [2.05, 4.69) is 21.9 Å². The Morgan fingerprint density at radius 2 is 1.83 bits per heavy atom. The molecule has 156 valence electrons. The molecule has 1 aromatic heterocycles. The Labute approximate surface area is 180 Å². The maximum absolute atomic E-state index is 6.44. The van der Waals surface area contributed by atoms with Gasteiger partial charge in [0.1, 0.15) is 31.6 Å². The van der Waals surface area contributed by atoms with Gasteiger partial charge in [0.2, 0.25) is 0 Å². The summed E-state index contributed by atoms with van der Waals surface area (Å²) in [6.07, 6.45) is 7.22. The molecule has 3 aromatic rings. The third-order valence-electron chi connectivity index (χ3n) is 4.00. The Bertz CT molecular complexity index is 990. The van der Waals surface area contributed by atoms with Gasteiger partial charge < -0.3 is 14.2 Å². The monoisotopic (exact) mass is 426 g/mol. The van der Waals surface area contributed by atoms with Crippen LogP contribution in [0.5, 0.6) is 17.2 Å². The molecular formula is C22H23ClN4O3. The molecule has 3 rings (SSSR count). The quantitative estimate of drug-likeness (QED) is 0.258. The van der Waals surface area contributed by atoms with Gasteiger partial charge >= 0.3 is 0 Å². The summed E-state index contributed by atoms with van der Waals surface area (Å²) in [4.78, 5) is 0. The van der Waals surface area contributed by atoms with E-state index in [1.54, 1.807) is 12.3 Å². The number of ether oxygens (including phenoxy) is 3. The average molecular weight is 427 g/mol. The van der Waals surface area contributed by atoms with Crippen LogP contribution in [0.1, 0.15) is 18.1 Å². The first-order valence-corrected chi connectivity index (χ1v) is 9.88. The van der Waals surface area contributed by atoms with Crippen molar-refractivity contribution < 1.29 is 14.2 Å². The van der Waals surface area contributed by atoms with E-state index in [4.69, 9.17) is 25.8 Å². The average Bonchev–Trinajstić information content (AvgIpc) is 3.26. The zero-order chi connectivity index (χ0) is 21.2. The topological polar surface area (TPSA) is 70.8 Å². The highest BCUT2D eigenvalue weighted by Gasteiger charge is 2.12. The smallest absolute Gasteiger partial charge is 0.179 e. The van der Waals surface area contributed by atoms with Gasteiger partial charge in [-0.15, -0.1) is 16.8 Å². The molecule has 0 fully saturated rings. The summed E-state index contributed by atoms with van der Waals surface area (Å²) in [7, 11) is 0. The summed E-state index contributed by atoms with van der Waals surface area (Å²) in [6.45, 7) is 6.84. The molecule has 0 radical (unpaired) electrons. The normalized spacial score (nSPS) is 10.9. The number of benzene rings is 2. The zero-order valence-electron chi connectivity index (χ0n) is 16.7. The molecule has 0 unspecified atom stereocenters. The molecular weight excluding hydrogens is 404 g/mol. The number of hydrogen-bond donors (Lipinski definition) is 0. The zero-order valence-corrected chi connectivity index (χ0v) is 17.5. The number of halogens is 1. The molecule has 8 heteroatoms. The Morgan fingerprint density at radius 1 is 1.07 bits per heavy atom. The predicted molar refractivity (Wildman–Crippen MR) is 117 cm³/mol. The van der Waals surface area contributed by atoms with Gasteiger partial charge in [-0.1, -0.05) is 35.9 Å². The van der Waals surface area contributed by atoms with Gasteiger partial charge in [-0.05, 0) is 42.7 Å². The molecule has 0 saturated carbocycles. The van der Waals surface area contributed by atoms with Crippen LogP contribution in [0.4, 0.5) is 0 Å². The van der Waals surface area contributed by atoms with Crippen molar-refractivity contribution in [2.45, 2.75) is 13.3 Å². The van der Waals surface area contributed by atoms with Crippen LogP contribution >= 0.6 is 11.6 Å². The lowest BCUT2D eigenvalue weighted by molar-refractivity contribution is 0.207. The molecule has 1 heterocycles. The summed E-state index contributed by atoms with van der Waals surface area (Å²) in [6, 6.07) is 11.4. The Balaban J connectivity index is 1.65. The first-order valence-electron chi connectivity index (χ1n) is 9.51. The van der Waals surface area contributed by atoms with Crippen molar-refractivity contribution in [3.8, 4) is 17.2 Å². The largest absolute Gasteiger partial charge is 0.490 e. The number of allylic oxidation sites excluding steroid dienone is 1. The lowest BCUT2D eigenvalue weighted by Gasteiger charge is -2.15. The van der Waals surface area contributed by atoms with Crippen LogP contribution in [0.25, 0.3) is 0 Å². The molecule has 30 heavy (non-hydrogen) atoms. The van der Waals surface area contributed by atoms with Gasteiger partial charge in [-0.3, -0.25) is 0 Å². The van der Waals surface area contributed by atoms with Gasteiger partial charge in [0.25, 0.3) is 0 Å². The number of nitrogens with zero attached hydrogens (tertiary/aromatic N) is 4. The standard InChI is InChI=1S/C22H23ClN4O3/c1-3-7-18-8-5-6-9-20(18)29-10-11-30-22-19(23)12-17(13-21(22)28-4-2)14-26-27-15-24-25-16-27/h3,5-6,8-9,12-16H,1,4,7,10-11H2,2H3/b26-14+. The highest BCUT2D eigenvalue weighted by atomic mass is 35.5. The Morgan fingerprint density at radius 3 is 2.60 bits per heavy atom. The van der Waals surface area contributed by atoms with E-state index < -0.39 is 0 Å². The van der Waals surface area contributed by atoms with E-state index in [1.165, 1.54) is 17.3 Å². The van der Waals surface area contributed by atoms with E-state index in [9.17, 15) is 0 Å². The second-order valence-corrected chi connectivity index (χ2v) is 6.55. The van der Waals surface area contributed by atoms with Crippen LogP contribution in [0.15, 0.2) is 66.8 Å². The lowest BCUT2D eigenvalue weighted by Crippen LogP contribution is -2.11. The number of para-hydroxylation sites is 1. The molecule has 0 bridgehead atoms. The fraction of sp³-hybridized carbons (Fsp3) is 0.227. The van der Waals surface area contributed by atoms with E-state index in [0.29, 0.717) is 36.3 Å². The van der Waals surface area contributed by atoms with Gasteiger partial charge in [0.05, 0.1) is 17.8 Å². The lowest BCUT2D eigenvalue weighted by atomic mass is 10.1. The third-order valence-corrected chi connectivity index (χ3v) is 4.28. The van der Waals surface area contributed by atoms with E-state index in [1.807, 2.05) is 43.3 Å². The predicted octanol–water partition coefficient (Wildman–Crippen LogP) is 4.40. The van der Waals surface area contributed by atoms with Gasteiger partial charge in [0, 0.05) is 0 Å². The second-order valence-electron chi connectivity index (χ2n) is 6.15. The Hall–Kier alpha value is -3.32. The molecule has 7 nitrogen and oxygen atoms in total. The van der Waals surface area contributed by atoms with Crippen LogP contribution < -0.4 is 14.2 Å². The van der Waals surface area contributed by atoms with Crippen LogP contribution in [0.3, 0.4) is 0 Å². The highest BCUT2D eigenvalue weighted by molar-refractivity contribution is 6.32. The third kappa shape index (κ3) is 5.84. The van der Waals surface area contributed by atoms with E-state index in [-0.39, 0.29) is 0 Å². The maximum Gasteiger partial charge on any atom is 0.179 e. The van der Waals surface area contributed by atoms with Crippen LogP contribution in [-0.4, -0.2) is 40.9 Å². The molecule has 0 amide bonds. The fourth-order valence-electron chi connectivity index (χ4n) is 2.72. The number of rotatable bonds is 11. The van der Waals surface area contributed by atoms with Crippen molar-refractivity contribution >= 4 is 17.8 Å². The first-order chi connectivity index (χ1) is 14.7. The van der Waals surface area contributed by atoms with Crippen LogP contribution in [0.2, 0.25) is 5.02 Å².